The van der Waals surface area contributed by atoms with Crippen LogP contribution in [0.3, 0.4) is 0 Å². The SMILES string of the molecule is Cc1cccc(C=CC(=O)O)c1. The standard InChI is InChI=1S/C10H10O2/c1-8-3-2-4-9(7-8)5-6-10(11)12/h2-7H,1H3,(H,11,12). The van der Waals surface area contributed by atoms with Gasteiger partial charge in [-0.25, -0.2) is 4.79 Å². The van der Waals surface area contributed by atoms with E-state index in [2.05, 4.69) is 0 Å². The van der Waals surface area contributed by atoms with E-state index in [0.29, 0.717) is 0 Å². The maximum Gasteiger partial charge on any atom is 0.328 e. The molecule has 0 amide bonds. The first-order valence-electron chi connectivity index (χ1n) is 3.66. The summed E-state index contributed by atoms with van der Waals surface area (Å²) in [5.41, 5.74) is 2.04. The summed E-state index contributed by atoms with van der Waals surface area (Å²) in [6, 6.07) is 7.67. The lowest BCUT2D eigenvalue weighted by Gasteiger charge is -1.93. The van der Waals surface area contributed by atoms with E-state index in [1.165, 1.54) is 0 Å². The second-order valence-electron chi connectivity index (χ2n) is 2.59. The monoisotopic (exact) mass is 162 g/mol. The summed E-state index contributed by atoms with van der Waals surface area (Å²) in [5.74, 6) is -0.920. The van der Waals surface area contributed by atoms with Gasteiger partial charge in [0.05, 0.1) is 0 Å². The molecule has 0 radical (unpaired) electrons. The Labute approximate surface area is 71.2 Å². The van der Waals surface area contributed by atoms with E-state index in [4.69, 9.17) is 5.11 Å². The summed E-state index contributed by atoms with van der Waals surface area (Å²) < 4.78 is 0. The number of carbonyl (C=O) groups is 1. The van der Waals surface area contributed by atoms with Crippen molar-refractivity contribution >= 4 is 12.0 Å². The minimum absolute atomic E-state index is 0.914. The molecule has 1 N–H and O–H groups in total. The van der Waals surface area contributed by atoms with Crippen molar-refractivity contribution in [3.8, 4) is 0 Å². The number of benzene rings is 1. The number of hydrogen-bond acceptors (Lipinski definition) is 1. The van der Waals surface area contributed by atoms with Crippen LogP contribution < -0.4 is 0 Å². The molecule has 1 aromatic rings. The van der Waals surface area contributed by atoms with E-state index in [-0.39, 0.29) is 0 Å². The predicted octanol–water partition coefficient (Wildman–Crippen LogP) is 2.09. The maximum atomic E-state index is 10.2. The zero-order chi connectivity index (χ0) is 8.97. The van der Waals surface area contributed by atoms with Crippen molar-refractivity contribution in [2.24, 2.45) is 0 Å². The molecule has 2 heteroatoms. The normalized spacial score (nSPS) is 10.4. The van der Waals surface area contributed by atoms with E-state index in [1.807, 2.05) is 31.2 Å². The molecular formula is C10H10O2. The Morgan fingerprint density at radius 1 is 1.50 bits per heavy atom. The van der Waals surface area contributed by atoms with Gasteiger partial charge in [-0.3, -0.25) is 0 Å². The summed E-state index contributed by atoms with van der Waals surface area (Å²) >= 11 is 0. The van der Waals surface area contributed by atoms with Crippen LogP contribution in [0.15, 0.2) is 30.3 Å². The summed E-state index contributed by atoms with van der Waals surface area (Å²) in [4.78, 5) is 10.2. The first-order valence-corrected chi connectivity index (χ1v) is 3.66. The quantitative estimate of drug-likeness (QED) is 0.676. The molecule has 12 heavy (non-hydrogen) atoms. The highest BCUT2D eigenvalue weighted by molar-refractivity contribution is 5.85. The molecule has 0 unspecified atom stereocenters. The third-order valence-corrected chi connectivity index (χ3v) is 1.46. The second kappa shape index (κ2) is 3.72. The Hall–Kier alpha value is -1.57. The molecule has 0 aliphatic carbocycles. The highest BCUT2D eigenvalue weighted by atomic mass is 16.4. The summed E-state index contributed by atoms with van der Waals surface area (Å²) in [6.07, 6.45) is 2.71. The van der Waals surface area contributed by atoms with Gasteiger partial charge in [-0.15, -0.1) is 0 Å². The van der Waals surface area contributed by atoms with Gasteiger partial charge < -0.3 is 5.11 Å². The van der Waals surface area contributed by atoms with Crippen molar-refractivity contribution in [2.45, 2.75) is 6.92 Å². The van der Waals surface area contributed by atoms with Gasteiger partial charge in [0.15, 0.2) is 0 Å². The molecule has 0 fully saturated rings. The molecule has 0 aliphatic heterocycles. The van der Waals surface area contributed by atoms with E-state index < -0.39 is 5.97 Å². The van der Waals surface area contributed by atoms with Gasteiger partial charge in [-0.2, -0.15) is 0 Å². The second-order valence-corrected chi connectivity index (χ2v) is 2.59. The van der Waals surface area contributed by atoms with Crippen molar-refractivity contribution < 1.29 is 9.90 Å². The molecule has 0 atom stereocenters. The third kappa shape index (κ3) is 2.58. The Morgan fingerprint density at radius 2 is 2.25 bits per heavy atom. The number of hydrogen-bond donors (Lipinski definition) is 1. The topological polar surface area (TPSA) is 37.3 Å². The van der Waals surface area contributed by atoms with Crippen LogP contribution in [-0.4, -0.2) is 11.1 Å². The first kappa shape index (κ1) is 8.53. The average molecular weight is 162 g/mol. The van der Waals surface area contributed by atoms with Crippen molar-refractivity contribution in [1.82, 2.24) is 0 Å². The van der Waals surface area contributed by atoms with Crippen LogP contribution in [0, 0.1) is 6.92 Å². The summed E-state index contributed by atoms with van der Waals surface area (Å²) in [5, 5.41) is 8.36. The van der Waals surface area contributed by atoms with Gasteiger partial charge in [0.1, 0.15) is 0 Å². The van der Waals surface area contributed by atoms with Crippen LogP contribution >= 0.6 is 0 Å². The molecule has 0 heterocycles. The number of aliphatic carboxylic acids is 1. The van der Waals surface area contributed by atoms with Gasteiger partial charge >= 0.3 is 5.97 Å². The van der Waals surface area contributed by atoms with Crippen LogP contribution in [0.2, 0.25) is 0 Å². The molecular weight excluding hydrogens is 152 g/mol. The van der Waals surface area contributed by atoms with Gasteiger partial charge in [0.25, 0.3) is 0 Å². The van der Waals surface area contributed by atoms with Gasteiger partial charge in [0, 0.05) is 6.08 Å². The number of carboxylic acid groups (broad SMARTS) is 1. The van der Waals surface area contributed by atoms with Crippen molar-refractivity contribution in [1.29, 1.82) is 0 Å². The molecule has 1 aromatic carbocycles. The largest absolute Gasteiger partial charge is 0.478 e. The fourth-order valence-electron chi connectivity index (χ4n) is 0.941. The Morgan fingerprint density at radius 3 is 2.83 bits per heavy atom. The molecule has 1 rings (SSSR count). The minimum atomic E-state index is -0.920. The smallest absolute Gasteiger partial charge is 0.328 e. The molecule has 0 aliphatic rings. The van der Waals surface area contributed by atoms with Crippen LogP contribution in [0.1, 0.15) is 11.1 Å². The van der Waals surface area contributed by atoms with E-state index in [9.17, 15) is 4.79 Å². The molecule has 0 saturated carbocycles. The van der Waals surface area contributed by atoms with E-state index in [1.54, 1.807) is 6.08 Å². The maximum absolute atomic E-state index is 10.2. The van der Waals surface area contributed by atoms with Gasteiger partial charge in [0.2, 0.25) is 0 Å². The number of rotatable bonds is 2. The number of aryl methyl sites for hydroxylation is 1. The van der Waals surface area contributed by atoms with Crippen LogP contribution in [0.25, 0.3) is 6.08 Å². The van der Waals surface area contributed by atoms with Crippen LogP contribution in [0.5, 0.6) is 0 Å². The lowest BCUT2D eigenvalue weighted by Crippen LogP contribution is -1.85. The zero-order valence-electron chi connectivity index (χ0n) is 6.82. The van der Waals surface area contributed by atoms with Crippen LogP contribution in [-0.2, 0) is 4.79 Å². The summed E-state index contributed by atoms with van der Waals surface area (Å²) in [6.45, 7) is 1.97. The number of carboxylic acids is 1. The van der Waals surface area contributed by atoms with Crippen LogP contribution in [0.4, 0.5) is 0 Å². The zero-order valence-corrected chi connectivity index (χ0v) is 6.82. The highest BCUT2D eigenvalue weighted by Gasteiger charge is 1.89. The van der Waals surface area contributed by atoms with Crippen molar-refractivity contribution in [3.05, 3.63) is 41.5 Å². The fourth-order valence-corrected chi connectivity index (χ4v) is 0.941. The highest BCUT2D eigenvalue weighted by Crippen LogP contribution is 2.05. The lowest BCUT2D eigenvalue weighted by atomic mass is 10.1. The molecule has 0 bridgehead atoms. The molecule has 0 aromatic heterocycles. The first-order chi connectivity index (χ1) is 5.68. The van der Waals surface area contributed by atoms with Crippen molar-refractivity contribution in [2.75, 3.05) is 0 Å². The molecule has 0 saturated heterocycles. The van der Waals surface area contributed by atoms with E-state index >= 15 is 0 Å². The fraction of sp³-hybridized carbons (Fsp3) is 0.100. The lowest BCUT2D eigenvalue weighted by molar-refractivity contribution is -0.131. The van der Waals surface area contributed by atoms with Crippen molar-refractivity contribution in [3.63, 3.8) is 0 Å². The molecule has 62 valence electrons. The predicted molar refractivity (Wildman–Crippen MR) is 47.8 cm³/mol. The van der Waals surface area contributed by atoms with Gasteiger partial charge in [-0.05, 0) is 18.6 Å². The third-order valence-electron chi connectivity index (χ3n) is 1.46. The summed E-state index contributed by atoms with van der Waals surface area (Å²) in [7, 11) is 0. The Balaban J connectivity index is 2.83. The Kier molecular flexibility index (Phi) is 2.64. The minimum Gasteiger partial charge on any atom is -0.478 e. The van der Waals surface area contributed by atoms with Gasteiger partial charge in [-0.1, -0.05) is 29.8 Å². The molecule has 0 spiro atoms. The molecule has 2 nitrogen and oxygen atoms in total. The average Bonchev–Trinajstić information content (AvgIpc) is 2.01. The van der Waals surface area contributed by atoms with E-state index in [0.717, 1.165) is 17.2 Å². The Bertz CT molecular complexity index is 313.